The summed E-state index contributed by atoms with van der Waals surface area (Å²) in [7, 11) is 4.08. The lowest BCUT2D eigenvalue weighted by atomic mass is 10.1. The number of nitrogens with one attached hydrogen (secondary N) is 1. The van der Waals surface area contributed by atoms with Crippen LogP contribution in [0.5, 0.6) is 0 Å². The third-order valence-corrected chi connectivity index (χ3v) is 6.11. The van der Waals surface area contributed by atoms with Gasteiger partial charge in [-0.25, -0.2) is 4.98 Å². The van der Waals surface area contributed by atoms with E-state index < -0.39 is 0 Å². The van der Waals surface area contributed by atoms with Crippen LogP contribution in [0.2, 0.25) is 0 Å². The molecule has 30 heavy (non-hydrogen) atoms. The largest absolute Gasteiger partial charge is 0.321 e. The van der Waals surface area contributed by atoms with E-state index in [0.717, 1.165) is 53.0 Å². The van der Waals surface area contributed by atoms with Gasteiger partial charge in [0.1, 0.15) is 5.65 Å². The van der Waals surface area contributed by atoms with Crippen molar-refractivity contribution in [3.8, 4) is 0 Å². The Hall–Kier alpha value is -3.19. The predicted molar refractivity (Wildman–Crippen MR) is 118 cm³/mol. The number of imidazole rings is 1. The number of anilines is 1. The summed E-state index contributed by atoms with van der Waals surface area (Å²) in [4.78, 5) is 20.0. The van der Waals surface area contributed by atoms with Gasteiger partial charge in [-0.05, 0) is 63.2 Å². The maximum absolute atomic E-state index is 12.9. The molecular weight excluding hydrogens is 376 g/mol. The van der Waals surface area contributed by atoms with Gasteiger partial charge >= 0.3 is 0 Å². The van der Waals surface area contributed by atoms with Crippen LogP contribution < -0.4 is 5.32 Å². The quantitative estimate of drug-likeness (QED) is 0.564. The van der Waals surface area contributed by atoms with Gasteiger partial charge in [-0.1, -0.05) is 6.92 Å². The third kappa shape index (κ3) is 3.15. The second kappa shape index (κ2) is 7.25. The minimum atomic E-state index is -0.127. The number of nitrogens with zero attached hydrogens (tertiary/aromatic N) is 5. The highest BCUT2D eigenvalue weighted by Crippen LogP contribution is 2.30. The lowest BCUT2D eigenvalue weighted by molar-refractivity contribution is 0.102. The van der Waals surface area contributed by atoms with E-state index in [-0.39, 0.29) is 5.91 Å². The first-order valence-corrected chi connectivity index (χ1v) is 10.5. The Morgan fingerprint density at radius 1 is 1.20 bits per heavy atom. The van der Waals surface area contributed by atoms with E-state index in [9.17, 15) is 4.79 Å². The van der Waals surface area contributed by atoms with Crippen molar-refractivity contribution in [3.05, 3.63) is 59.7 Å². The van der Waals surface area contributed by atoms with E-state index in [2.05, 4.69) is 35.5 Å². The summed E-state index contributed by atoms with van der Waals surface area (Å²) >= 11 is 0. The number of pyridine rings is 1. The zero-order chi connectivity index (χ0) is 20.8. The first-order valence-electron chi connectivity index (χ1n) is 10.5. The van der Waals surface area contributed by atoms with Gasteiger partial charge in [-0.2, -0.15) is 5.10 Å². The molecule has 1 atom stereocenters. The summed E-state index contributed by atoms with van der Waals surface area (Å²) in [6, 6.07) is 9.97. The van der Waals surface area contributed by atoms with E-state index in [4.69, 9.17) is 4.98 Å². The molecule has 1 N–H and O–H groups in total. The van der Waals surface area contributed by atoms with E-state index in [0.29, 0.717) is 11.6 Å². The van der Waals surface area contributed by atoms with Crippen molar-refractivity contribution in [2.45, 2.75) is 32.2 Å². The minimum Gasteiger partial charge on any atom is -0.321 e. The molecule has 0 bridgehead atoms. The molecule has 5 rings (SSSR count). The first kappa shape index (κ1) is 18.8. The van der Waals surface area contributed by atoms with Crippen LogP contribution in [0, 0.1) is 0 Å². The SMILES string of the molecule is CCc1nn(C)c2ccc(C(=O)Nc3ccc4nc(C5CCCN5C)cn4c3)cc12. The Labute approximate surface area is 175 Å². The summed E-state index contributed by atoms with van der Waals surface area (Å²) in [6.07, 6.45) is 7.18. The number of hydrogen-bond acceptors (Lipinski definition) is 4. The number of aryl methyl sites for hydroxylation is 2. The van der Waals surface area contributed by atoms with Crippen molar-refractivity contribution in [3.63, 3.8) is 0 Å². The van der Waals surface area contributed by atoms with Crippen molar-refractivity contribution >= 4 is 28.1 Å². The maximum Gasteiger partial charge on any atom is 0.255 e. The number of amides is 1. The molecule has 0 radical (unpaired) electrons. The highest BCUT2D eigenvalue weighted by molar-refractivity contribution is 6.06. The Bertz CT molecular complexity index is 1250. The molecule has 1 saturated heterocycles. The molecule has 1 unspecified atom stereocenters. The molecule has 4 heterocycles. The monoisotopic (exact) mass is 402 g/mol. The third-order valence-electron chi connectivity index (χ3n) is 6.11. The number of carbonyl (C=O) groups is 1. The van der Waals surface area contributed by atoms with E-state index in [1.165, 1.54) is 6.42 Å². The van der Waals surface area contributed by atoms with Gasteiger partial charge in [0, 0.05) is 30.4 Å². The number of carbonyl (C=O) groups excluding carboxylic acids is 1. The van der Waals surface area contributed by atoms with E-state index in [1.54, 1.807) is 0 Å². The average Bonchev–Trinajstić information content (AvgIpc) is 3.44. The van der Waals surface area contributed by atoms with E-state index >= 15 is 0 Å². The van der Waals surface area contributed by atoms with Crippen LogP contribution in [0.25, 0.3) is 16.6 Å². The summed E-state index contributed by atoms with van der Waals surface area (Å²) in [5, 5.41) is 8.59. The van der Waals surface area contributed by atoms with E-state index in [1.807, 2.05) is 52.7 Å². The number of hydrogen-bond donors (Lipinski definition) is 1. The molecule has 1 fully saturated rings. The molecule has 0 spiro atoms. The molecule has 3 aromatic heterocycles. The predicted octanol–water partition coefficient (Wildman–Crippen LogP) is 3.80. The molecule has 0 aliphatic carbocycles. The van der Waals surface area contributed by atoms with Gasteiger partial charge < -0.3 is 9.72 Å². The normalized spacial score (nSPS) is 17.2. The van der Waals surface area contributed by atoms with Crippen LogP contribution in [-0.2, 0) is 13.5 Å². The van der Waals surface area contributed by atoms with Gasteiger partial charge in [0.05, 0.1) is 28.6 Å². The van der Waals surface area contributed by atoms with Crippen LogP contribution in [0.15, 0.2) is 42.7 Å². The number of rotatable bonds is 4. The van der Waals surface area contributed by atoms with Crippen molar-refractivity contribution in [1.82, 2.24) is 24.1 Å². The van der Waals surface area contributed by atoms with Crippen LogP contribution >= 0.6 is 0 Å². The summed E-state index contributed by atoms with van der Waals surface area (Å²) in [5.74, 6) is -0.127. The number of fused-ring (bicyclic) bond motifs is 2. The Balaban J connectivity index is 1.41. The van der Waals surface area contributed by atoms with Crippen molar-refractivity contribution in [2.75, 3.05) is 18.9 Å². The molecule has 1 aliphatic rings. The standard InChI is InChI=1S/C23H26N6O/c1-4-18-17-12-15(7-9-20(17)28(3)26-18)23(30)24-16-8-10-22-25-19(14-29(22)13-16)21-6-5-11-27(21)2/h7-10,12-14,21H,4-6,11H2,1-3H3,(H,24,30). The van der Waals surface area contributed by atoms with Crippen LogP contribution in [0.1, 0.15) is 47.6 Å². The Morgan fingerprint density at radius 3 is 2.83 bits per heavy atom. The molecule has 0 saturated carbocycles. The lowest BCUT2D eigenvalue weighted by Crippen LogP contribution is -2.17. The van der Waals surface area contributed by atoms with Crippen molar-refractivity contribution in [1.29, 1.82) is 0 Å². The molecule has 7 heteroatoms. The van der Waals surface area contributed by atoms with Crippen LogP contribution in [-0.4, -0.2) is 43.6 Å². The topological polar surface area (TPSA) is 67.5 Å². The highest BCUT2D eigenvalue weighted by Gasteiger charge is 2.24. The fourth-order valence-electron chi connectivity index (χ4n) is 4.47. The zero-order valence-electron chi connectivity index (χ0n) is 17.6. The zero-order valence-corrected chi connectivity index (χ0v) is 17.6. The molecular formula is C23H26N6O. The number of aromatic nitrogens is 4. The van der Waals surface area contributed by atoms with Gasteiger partial charge in [0.15, 0.2) is 0 Å². The summed E-state index contributed by atoms with van der Waals surface area (Å²) < 4.78 is 3.86. The lowest BCUT2D eigenvalue weighted by Gasteiger charge is -2.16. The number of benzene rings is 1. The van der Waals surface area contributed by atoms with Crippen molar-refractivity contribution in [2.24, 2.45) is 7.05 Å². The van der Waals surface area contributed by atoms with Crippen molar-refractivity contribution < 1.29 is 4.79 Å². The van der Waals surface area contributed by atoms with Gasteiger partial charge in [-0.15, -0.1) is 0 Å². The number of likely N-dealkylation sites (tertiary alicyclic amines) is 1. The fraction of sp³-hybridized carbons (Fsp3) is 0.348. The second-order valence-electron chi connectivity index (χ2n) is 8.10. The molecule has 1 aliphatic heterocycles. The second-order valence-corrected chi connectivity index (χ2v) is 8.10. The van der Waals surface area contributed by atoms with Gasteiger partial charge in [0.2, 0.25) is 0 Å². The molecule has 1 aromatic carbocycles. The van der Waals surface area contributed by atoms with Crippen LogP contribution in [0.4, 0.5) is 5.69 Å². The fourth-order valence-corrected chi connectivity index (χ4v) is 4.47. The Kier molecular flexibility index (Phi) is 4.55. The van der Waals surface area contributed by atoms with Gasteiger partial charge in [0.25, 0.3) is 5.91 Å². The molecule has 7 nitrogen and oxygen atoms in total. The minimum absolute atomic E-state index is 0.127. The smallest absolute Gasteiger partial charge is 0.255 e. The Morgan fingerprint density at radius 2 is 2.07 bits per heavy atom. The molecule has 154 valence electrons. The first-order chi connectivity index (χ1) is 14.5. The maximum atomic E-state index is 12.9. The molecule has 1 amide bonds. The summed E-state index contributed by atoms with van der Waals surface area (Å²) in [6.45, 7) is 3.19. The average molecular weight is 403 g/mol. The van der Waals surface area contributed by atoms with Crippen LogP contribution in [0.3, 0.4) is 0 Å². The van der Waals surface area contributed by atoms with Gasteiger partial charge in [-0.3, -0.25) is 14.4 Å². The summed E-state index contributed by atoms with van der Waals surface area (Å²) in [5.41, 5.74) is 5.40. The molecule has 4 aromatic rings. The highest BCUT2D eigenvalue weighted by atomic mass is 16.1.